The quantitative estimate of drug-likeness (QED) is 0.373. The van der Waals surface area contributed by atoms with Crippen LogP contribution < -0.4 is 0 Å². The summed E-state index contributed by atoms with van der Waals surface area (Å²) in [5.74, 6) is 0. The molecule has 0 radical (unpaired) electrons. The maximum absolute atomic E-state index is 4.71. The van der Waals surface area contributed by atoms with Crippen molar-refractivity contribution >= 4 is 34.7 Å². The van der Waals surface area contributed by atoms with Crippen LogP contribution in [0.25, 0.3) is 0 Å². The first kappa shape index (κ1) is 7.69. The third kappa shape index (κ3) is 2.80. The molecule has 0 aliphatic heterocycles. The maximum atomic E-state index is 4.71. The molecule has 0 aliphatic carbocycles. The Bertz CT molecular complexity index is 135. The largest absolute Gasteiger partial charge is 0.353 e. The number of nitrogens with zero attached hydrogens (tertiary/aromatic N) is 2. The van der Waals surface area contributed by atoms with Crippen LogP contribution in [-0.2, 0) is 0 Å². The van der Waals surface area contributed by atoms with Gasteiger partial charge in [-0.05, 0) is 24.4 Å². The fourth-order valence-electron chi connectivity index (χ4n) is 0.139. The summed E-state index contributed by atoms with van der Waals surface area (Å²) in [7, 11) is 3.61. The molecule has 0 saturated heterocycles. The molecule has 0 fully saturated rings. The molecule has 44 valence electrons. The first-order valence-electron chi connectivity index (χ1n) is 1.97. The maximum Gasteiger partial charge on any atom is 0.204 e. The van der Waals surface area contributed by atoms with E-state index in [4.69, 9.17) is 12.2 Å². The number of rotatable bonds is 0. The number of isothiocyanates is 1. The molecule has 0 heterocycles. The molecule has 0 aromatic rings. The number of hydrogen-bond donors (Lipinski definition) is 0. The summed E-state index contributed by atoms with van der Waals surface area (Å²) in [4.78, 5) is 5.24. The van der Waals surface area contributed by atoms with Crippen LogP contribution >= 0.6 is 24.4 Å². The van der Waals surface area contributed by atoms with Gasteiger partial charge < -0.3 is 4.90 Å². The van der Waals surface area contributed by atoms with Crippen molar-refractivity contribution in [1.82, 2.24) is 4.90 Å². The summed E-state index contributed by atoms with van der Waals surface area (Å²) >= 11 is 9.02. The fourth-order valence-corrected chi connectivity index (χ4v) is 0.329. The SMILES string of the molecule is CN(C)C(=S)N=C=S. The molecule has 0 atom stereocenters. The van der Waals surface area contributed by atoms with Gasteiger partial charge in [-0.15, -0.1) is 0 Å². The van der Waals surface area contributed by atoms with E-state index in [2.05, 4.69) is 22.4 Å². The Morgan fingerprint density at radius 2 is 2.12 bits per heavy atom. The Morgan fingerprint density at radius 3 is 2.25 bits per heavy atom. The number of hydrogen-bond acceptors (Lipinski definition) is 2. The van der Waals surface area contributed by atoms with Gasteiger partial charge in [-0.1, -0.05) is 0 Å². The average molecular weight is 146 g/mol. The van der Waals surface area contributed by atoms with Crippen LogP contribution in [0.5, 0.6) is 0 Å². The van der Waals surface area contributed by atoms with Crippen molar-refractivity contribution in [2.75, 3.05) is 14.1 Å². The van der Waals surface area contributed by atoms with Crippen LogP contribution in [0.4, 0.5) is 0 Å². The Hall–Kier alpha value is -0.310. The van der Waals surface area contributed by atoms with Crippen molar-refractivity contribution < 1.29 is 0 Å². The number of aliphatic imine (C=N–C) groups is 1. The van der Waals surface area contributed by atoms with E-state index in [1.165, 1.54) is 0 Å². The molecule has 0 unspecified atom stereocenters. The minimum absolute atomic E-state index is 0.458. The summed E-state index contributed by atoms with van der Waals surface area (Å²) in [6.45, 7) is 0. The zero-order valence-corrected chi connectivity index (χ0v) is 6.34. The molecular weight excluding hydrogens is 140 g/mol. The summed E-state index contributed by atoms with van der Waals surface area (Å²) < 4.78 is 0. The lowest BCUT2D eigenvalue weighted by molar-refractivity contribution is 0.629. The molecule has 4 heteroatoms. The van der Waals surface area contributed by atoms with Gasteiger partial charge >= 0.3 is 0 Å². The first-order valence-corrected chi connectivity index (χ1v) is 2.79. The summed E-state index contributed by atoms with van der Waals surface area (Å²) in [6.07, 6.45) is 0. The monoisotopic (exact) mass is 146 g/mol. The Balaban J connectivity index is 3.84. The highest BCUT2D eigenvalue weighted by atomic mass is 32.1. The van der Waals surface area contributed by atoms with Crippen LogP contribution in [0.2, 0.25) is 0 Å². The number of thiocarbonyl (C=S) groups is 2. The molecule has 0 bridgehead atoms. The van der Waals surface area contributed by atoms with E-state index in [0.29, 0.717) is 5.11 Å². The molecular formula is C4H6N2S2. The standard InChI is InChI=1S/C4H6N2S2/c1-6(2)4(8)5-3-7/h1-2H3. The summed E-state index contributed by atoms with van der Waals surface area (Å²) in [5, 5.41) is 2.63. The van der Waals surface area contributed by atoms with Crippen molar-refractivity contribution in [1.29, 1.82) is 0 Å². The summed E-state index contributed by atoms with van der Waals surface area (Å²) in [5.41, 5.74) is 0. The average Bonchev–Trinajstić information content (AvgIpc) is 1.67. The van der Waals surface area contributed by atoms with Gasteiger partial charge in [0.1, 0.15) is 0 Å². The Kier molecular flexibility index (Phi) is 3.52. The molecule has 0 aromatic carbocycles. The van der Waals surface area contributed by atoms with Crippen molar-refractivity contribution in [2.24, 2.45) is 4.99 Å². The van der Waals surface area contributed by atoms with Crippen molar-refractivity contribution in [3.05, 3.63) is 0 Å². The predicted octanol–water partition coefficient (Wildman–Crippen LogP) is 0.936. The van der Waals surface area contributed by atoms with E-state index in [1.807, 2.05) is 0 Å². The van der Waals surface area contributed by atoms with E-state index in [9.17, 15) is 0 Å². The highest BCUT2D eigenvalue weighted by Gasteiger charge is 1.89. The van der Waals surface area contributed by atoms with Crippen molar-refractivity contribution in [3.63, 3.8) is 0 Å². The minimum atomic E-state index is 0.458. The van der Waals surface area contributed by atoms with Crippen molar-refractivity contribution in [3.8, 4) is 0 Å². The van der Waals surface area contributed by atoms with Gasteiger partial charge in [0.05, 0.1) is 5.16 Å². The third-order valence-corrected chi connectivity index (χ3v) is 1.07. The lowest BCUT2D eigenvalue weighted by atomic mass is 10.9. The van der Waals surface area contributed by atoms with Gasteiger partial charge in [0.2, 0.25) is 5.11 Å². The van der Waals surface area contributed by atoms with Gasteiger partial charge in [0.15, 0.2) is 0 Å². The minimum Gasteiger partial charge on any atom is -0.353 e. The van der Waals surface area contributed by atoms with Crippen LogP contribution in [0.15, 0.2) is 4.99 Å². The van der Waals surface area contributed by atoms with E-state index >= 15 is 0 Å². The normalized spacial score (nSPS) is 7.25. The molecule has 0 aliphatic rings. The van der Waals surface area contributed by atoms with Crippen LogP contribution in [0.3, 0.4) is 0 Å². The first-order chi connectivity index (χ1) is 3.68. The molecule has 8 heavy (non-hydrogen) atoms. The molecule has 0 N–H and O–H groups in total. The van der Waals surface area contributed by atoms with Gasteiger partial charge in [-0.3, -0.25) is 0 Å². The van der Waals surface area contributed by atoms with E-state index < -0.39 is 0 Å². The summed E-state index contributed by atoms with van der Waals surface area (Å²) in [6, 6.07) is 0. The third-order valence-electron chi connectivity index (χ3n) is 0.524. The molecule has 0 rings (SSSR count). The topological polar surface area (TPSA) is 15.6 Å². The second-order valence-corrected chi connectivity index (χ2v) is 1.93. The highest BCUT2D eigenvalue weighted by molar-refractivity contribution is 7.80. The predicted molar refractivity (Wildman–Crippen MR) is 41.3 cm³/mol. The zero-order valence-electron chi connectivity index (χ0n) is 4.71. The molecule has 0 aromatic heterocycles. The second kappa shape index (κ2) is 3.66. The lowest BCUT2D eigenvalue weighted by Crippen LogP contribution is -2.16. The van der Waals surface area contributed by atoms with Gasteiger partial charge in [0, 0.05) is 14.1 Å². The molecule has 0 spiro atoms. The fraction of sp³-hybridized carbons (Fsp3) is 0.500. The second-order valence-electron chi connectivity index (χ2n) is 1.38. The highest BCUT2D eigenvalue weighted by Crippen LogP contribution is 1.81. The molecule has 0 saturated carbocycles. The Labute approximate surface area is 59.2 Å². The van der Waals surface area contributed by atoms with Gasteiger partial charge in [0.25, 0.3) is 0 Å². The van der Waals surface area contributed by atoms with Crippen LogP contribution in [0.1, 0.15) is 0 Å². The Morgan fingerprint density at radius 1 is 1.62 bits per heavy atom. The zero-order chi connectivity index (χ0) is 6.57. The van der Waals surface area contributed by atoms with Gasteiger partial charge in [-0.25, -0.2) is 0 Å². The van der Waals surface area contributed by atoms with E-state index in [-0.39, 0.29) is 0 Å². The smallest absolute Gasteiger partial charge is 0.204 e. The van der Waals surface area contributed by atoms with E-state index in [1.54, 1.807) is 19.0 Å². The van der Waals surface area contributed by atoms with Crippen LogP contribution in [0, 0.1) is 0 Å². The molecule has 0 amide bonds. The lowest BCUT2D eigenvalue weighted by Gasteiger charge is -2.05. The van der Waals surface area contributed by atoms with Crippen molar-refractivity contribution in [2.45, 2.75) is 0 Å². The van der Waals surface area contributed by atoms with Gasteiger partial charge in [-0.2, -0.15) is 4.99 Å². The molecule has 2 nitrogen and oxygen atoms in total. The van der Waals surface area contributed by atoms with E-state index in [0.717, 1.165) is 0 Å². The van der Waals surface area contributed by atoms with Crippen LogP contribution in [-0.4, -0.2) is 29.3 Å².